The van der Waals surface area contributed by atoms with Gasteiger partial charge >= 0.3 is 0 Å². The fraction of sp³-hybridized carbons (Fsp3) is 0.733. The van der Waals surface area contributed by atoms with E-state index in [-0.39, 0.29) is 5.91 Å². The molecule has 20 heavy (non-hydrogen) atoms. The summed E-state index contributed by atoms with van der Waals surface area (Å²) in [5, 5.41) is 4.34. The lowest BCUT2D eigenvalue weighted by Gasteiger charge is -2.54. The maximum absolute atomic E-state index is 11.5. The third-order valence-corrected chi connectivity index (χ3v) is 5.85. The average Bonchev–Trinajstić information content (AvgIpc) is 2.90. The van der Waals surface area contributed by atoms with Gasteiger partial charge in [-0.25, -0.2) is 5.84 Å². The third kappa shape index (κ3) is 1.95. The van der Waals surface area contributed by atoms with Crippen molar-refractivity contribution >= 4 is 5.91 Å². The van der Waals surface area contributed by atoms with E-state index in [2.05, 4.69) is 10.5 Å². The van der Waals surface area contributed by atoms with Crippen LogP contribution < -0.4 is 11.3 Å². The quantitative estimate of drug-likeness (QED) is 0.499. The van der Waals surface area contributed by atoms with Crippen molar-refractivity contribution in [3.63, 3.8) is 0 Å². The predicted molar refractivity (Wildman–Crippen MR) is 74.4 cm³/mol. The number of rotatable bonds is 3. The Morgan fingerprint density at radius 1 is 1.25 bits per heavy atom. The van der Waals surface area contributed by atoms with E-state index in [0.717, 1.165) is 36.1 Å². The number of nitrogens with two attached hydrogens (primary N) is 1. The first kappa shape index (κ1) is 12.4. The first-order chi connectivity index (χ1) is 9.72. The Morgan fingerprint density at radius 2 is 1.90 bits per heavy atom. The number of carbonyl (C=O) groups excluding carboxylic acids is 1. The van der Waals surface area contributed by atoms with Crippen LogP contribution in [0.4, 0.5) is 0 Å². The molecule has 108 valence electrons. The number of nitrogens with one attached hydrogen (secondary N) is 1. The molecule has 0 spiro atoms. The van der Waals surface area contributed by atoms with Crippen molar-refractivity contribution in [1.82, 2.24) is 15.2 Å². The fourth-order valence-electron chi connectivity index (χ4n) is 5.22. The molecule has 4 fully saturated rings. The molecule has 1 heterocycles. The van der Waals surface area contributed by atoms with Gasteiger partial charge in [0.05, 0.1) is 11.8 Å². The largest absolute Gasteiger partial charge is 0.290 e. The standard InChI is InChI=1S/C15H22N4O/c16-18-15(20)13-6-17-19(7-13)8-14-11-2-9-1-10(4-11)5-12(14)3-9/h6-7,9-12,14H,1-5,8,16H2,(H,18,20). The van der Waals surface area contributed by atoms with Gasteiger partial charge in [-0.15, -0.1) is 0 Å². The number of carbonyl (C=O) groups is 1. The number of hydrogen-bond acceptors (Lipinski definition) is 3. The van der Waals surface area contributed by atoms with E-state index in [1.54, 1.807) is 6.20 Å². The summed E-state index contributed by atoms with van der Waals surface area (Å²) in [6, 6.07) is 0. The van der Waals surface area contributed by atoms with Gasteiger partial charge in [0.25, 0.3) is 5.91 Å². The smallest absolute Gasteiger partial charge is 0.268 e. The zero-order valence-corrected chi connectivity index (χ0v) is 11.7. The minimum atomic E-state index is -0.263. The maximum atomic E-state index is 11.5. The lowest BCUT2D eigenvalue weighted by Crippen LogP contribution is -2.46. The van der Waals surface area contributed by atoms with E-state index in [1.807, 2.05) is 10.9 Å². The lowest BCUT2D eigenvalue weighted by molar-refractivity contribution is -0.0442. The fourth-order valence-corrected chi connectivity index (χ4v) is 5.22. The Bertz CT molecular complexity index is 496. The van der Waals surface area contributed by atoms with Crippen LogP contribution in [0.2, 0.25) is 0 Å². The van der Waals surface area contributed by atoms with Crippen LogP contribution in [0.25, 0.3) is 0 Å². The molecule has 4 aliphatic carbocycles. The number of hydrogen-bond donors (Lipinski definition) is 2. The van der Waals surface area contributed by atoms with E-state index >= 15 is 0 Å². The van der Waals surface area contributed by atoms with Crippen LogP contribution in [0.3, 0.4) is 0 Å². The zero-order chi connectivity index (χ0) is 13.7. The predicted octanol–water partition coefficient (Wildman–Crippen LogP) is 1.56. The zero-order valence-electron chi connectivity index (χ0n) is 11.7. The molecule has 0 unspecified atom stereocenters. The lowest BCUT2D eigenvalue weighted by atomic mass is 9.52. The van der Waals surface area contributed by atoms with E-state index in [0.29, 0.717) is 5.56 Å². The molecule has 1 aromatic rings. The summed E-state index contributed by atoms with van der Waals surface area (Å²) in [4.78, 5) is 11.5. The van der Waals surface area contributed by atoms with Crippen LogP contribution in [0.5, 0.6) is 0 Å². The number of hydrazine groups is 1. The Hall–Kier alpha value is -1.36. The minimum Gasteiger partial charge on any atom is -0.290 e. The van der Waals surface area contributed by atoms with Crippen LogP contribution in [-0.2, 0) is 6.54 Å². The molecule has 5 rings (SSSR count). The first-order valence-electron chi connectivity index (χ1n) is 7.76. The van der Waals surface area contributed by atoms with Crippen LogP contribution in [0.1, 0.15) is 42.5 Å². The normalized spacial score (nSPS) is 38.1. The summed E-state index contributed by atoms with van der Waals surface area (Å²) >= 11 is 0. The highest BCUT2D eigenvalue weighted by molar-refractivity contribution is 5.93. The van der Waals surface area contributed by atoms with E-state index < -0.39 is 0 Å². The Kier molecular flexibility index (Phi) is 2.84. The van der Waals surface area contributed by atoms with Crippen molar-refractivity contribution in [2.24, 2.45) is 35.4 Å². The second kappa shape index (κ2) is 4.58. The van der Waals surface area contributed by atoms with Crippen molar-refractivity contribution in [1.29, 1.82) is 0 Å². The molecule has 5 heteroatoms. The van der Waals surface area contributed by atoms with Gasteiger partial charge in [0.1, 0.15) is 0 Å². The van der Waals surface area contributed by atoms with E-state index in [1.165, 1.54) is 32.1 Å². The van der Waals surface area contributed by atoms with E-state index in [9.17, 15) is 4.79 Å². The SMILES string of the molecule is NNC(=O)c1cnn(CC2C3CC4CC(C3)CC2C4)c1. The van der Waals surface area contributed by atoms with Crippen molar-refractivity contribution in [2.75, 3.05) is 0 Å². The van der Waals surface area contributed by atoms with Crippen LogP contribution in [-0.4, -0.2) is 15.7 Å². The summed E-state index contributed by atoms with van der Waals surface area (Å²) in [5.74, 6) is 9.44. The van der Waals surface area contributed by atoms with Crippen LogP contribution >= 0.6 is 0 Å². The van der Waals surface area contributed by atoms with Gasteiger partial charge < -0.3 is 0 Å². The van der Waals surface area contributed by atoms with Gasteiger partial charge in [-0.2, -0.15) is 5.10 Å². The molecule has 0 atom stereocenters. The molecule has 4 bridgehead atoms. The molecule has 1 amide bonds. The molecule has 0 radical (unpaired) electrons. The van der Waals surface area contributed by atoms with Gasteiger partial charge in [0.2, 0.25) is 0 Å². The summed E-state index contributed by atoms with van der Waals surface area (Å²) in [7, 11) is 0. The number of aromatic nitrogens is 2. The summed E-state index contributed by atoms with van der Waals surface area (Å²) in [5.41, 5.74) is 2.71. The summed E-state index contributed by atoms with van der Waals surface area (Å²) in [6.45, 7) is 0.965. The van der Waals surface area contributed by atoms with E-state index in [4.69, 9.17) is 5.84 Å². The molecule has 0 aromatic carbocycles. The summed E-state index contributed by atoms with van der Waals surface area (Å²) in [6.07, 6.45) is 10.6. The van der Waals surface area contributed by atoms with Crippen LogP contribution in [0, 0.1) is 29.6 Å². The third-order valence-electron chi connectivity index (χ3n) is 5.85. The molecule has 5 nitrogen and oxygen atoms in total. The Balaban J connectivity index is 1.49. The topological polar surface area (TPSA) is 72.9 Å². The molecule has 4 saturated carbocycles. The summed E-state index contributed by atoms with van der Waals surface area (Å²) < 4.78 is 1.94. The molecule has 1 aromatic heterocycles. The monoisotopic (exact) mass is 274 g/mol. The van der Waals surface area contributed by atoms with Crippen molar-refractivity contribution in [2.45, 2.75) is 38.6 Å². The highest BCUT2D eigenvalue weighted by atomic mass is 16.2. The highest BCUT2D eigenvalue weighted by Gasteiger charge is 2.48. The van der Waals surface area contributed by atoms with Gasteiger partial charge in [-0.3, -0.25) is 14.9 Å². The van der Waals surface area contributed by atoms with Crippen molar-refractivity contribution in [3.8, 4) is 0 Å². The number of nitrogens with zero attached hydrogens (tertiary/aromatic N) is 2. The molecular formula is C15H22N4O. The van der Waals surface area contributed by atoms with Crippen LogP contribution in [0.15, 0.2) is 12.4 Å². The van der Waals surface area contributed by atoms with Gasteiger partial charge in [-0.1, -0.05) is 0 Å². The van der Waals surface area contributed by atoms with Crippen molar-refractivity contribution in [3.05, 3.63) is 18.0 Å². The Morgan fingerprint density at radius 3 is 2.50 bits per heavy atom. The Labute approximate surface area is 118 Å². The molecule has 4 aliphatic rings. The van der Waals surface area contributed by atoms with Gasteiger partial charge in [0.15, 0.2) is 0 Å². The number of nitrogen functional groups attached to an aromatic ring is 1. The second-order valence-electron chi connectivity index (χ2n) is 7.02. The second-order valence-corrected chi connectivity index (χ2v) is 7.02. The van der Waals surface area contributed by atoms with Gasteiger partial charge in [-0.05, 0) is 61.7 Å². The molecule has 0 aliphatic heterocycles. The minimum absolute atomic E-state index is 0.263. The molecular weight excluding hydrogens is 252 g/mol. The molecule has 0 saturated heterocycles. The number of amides is 1. The molecule has 3 N–H and O–H groups in total. The van der Waals surface area contributed by atoms with Crippen molar-refractivity contribution < 1.29 is 4.79 Å². The van der Waals surface area contributed by atoms with Gasteiger partial charge in [0, 0.05) is 12.7 Å². The first-order valence-corrected chi connectivity index (χ1v) is 7.76. The highest BCUT2D eigenvalue weighted by Crippen LogP contribution is 2.56. The average molecular weight is 274 g/mol. The maximum Gasteiger partial charge on any atom is 0.268 e.